The first-order valence-electron chi connectivity index (χ1n) is 8.32. The van der Waals surface area contributed by atoms with Gasteiger partial charge in [0, 0.05) is 32.7 Å². The molecule has 0 unspecified atom stereocenters. The molecule has 0 heterocycles. The Hall–Kier alpha value is -1.64. The van der Waals surface area contributed by atoms with Gasteiger partial charge in [-0.05, 0) is 40.3 Å². The highest BCUT2D eigenvalue weighted by atomic mass is 32.2. The van der Waals surface area contributed by atoms with E-state index in [1.165, 1.54) is 0 Å². The molecule has 1 aromatic carbocycles. The zero-order valence-corrected chi connectivity index (χ0v) is 16.4. The van der Waals surface area contributed by atoms with E-state index in [0.717, 1.165) is 13.1 Å². The molecule has 142 valence electrons. The smallest absolute Gasteiger partial charge is 0.317 e. The molecule has 7 nitrogen and oxygen atoms in total. The number of nitrogens with one attached hydrogen (secondary N) is 1. The standard InChI is InChI=1S/C17H30N4O3S/c1-19(2)11-13-21(14-12-20(3)4)17(22)18-10-15-25(23,24)16-8-6-5-7-9-16/h5-9H,10-15H2,1-4H3,(H,18,22). The summed E-state index contributed by atoms with van der Waals surface area (Å²) in [6.45, 7) is 2.79. The van der Waals surface area contributed by atoms with Crippen molar-refractivity contribution in [2.45, 2.75) is 4.90 Å². The van der Waals surface area contributed by atoms with Gasteiger partial charge in [-0.1, -0.05) is 18.2 Å². The van der Waals surface area contributed by atoms with Crippen LogP contribution in [0, 0.1) is 0 Å². The molecular weight excluding hydrogens is 340 g/mol. The van der Waals surface area contributed by atoms with E-state index in [0.29, 0.717) is 13.1 Å². The average Bonchev–Trinajstić information content (AvgIpc) is 2.55. The van der Waals surface area contributed by atoms with Crippen molar-refractivity contribution in [3.8, 4) is 0 Å². The molecule has 2 amide bonds. The normalized spacial score (nSPS) is 11.8. The molecule has 25 heavy (non-hydrogen) atoms. The average molecular weight is 371 g/mol. The van der Waals surface area contributed by atoms with Gasteiger partial charge in [-0.2, -0.15) is 0 Å². The number of carbonyl (C=O) groups excluding carboxylic acids is 1. The topological polar surface area (TPSA) is 73.0 Å². The van der Waals surface area contributed by atoms with Crippen LogP contribution in [0.5, 0.6) is 0 Å². The number of carbonyl (C=O) groups is 1. The Morgan fingerprint density at radius 2 is 1.44 bits per heavy atom. The van der Waals surface area contributed by atoms with Crippen LogP contribution in [-0.2, 0) is 9.84 Å². The van der Waals surface area contributed by atoms with Gasteiger partial charge in [0.1, 0.15) is 0 Å². The second-order valence-electron chi connectivity index (χ2n) is 6.46. The molecule has 0 saturated carbocycles. The summed E-state index contributed by atoms with van der Waals surface area (Å²) in [6.07, 6.45) is 0. The van der Waals surface area contributed by atoms with Crippen LogP contribution in [0.3, 0.4) is 0 Å². The minimum absolute atomic E-state index is 0.0937. The predicted molar refractivity (Wildman–Crippen MR) is 101 cm³/mol. The fraction of sp³-hybridized carbons (Fsp3) is 0.588. The molecule has 0 atom stereocenters. The van der Waals surface area contributed by atoms with Crippen molar-refractivity contribution in [1.29, 1.82) is 0 Å². The van der Waals surface area contributed by atoms with Crippen molar-refractivity contribution >= 4 is 15.9 Å². The van der Waals surface area contributed by atoms with Crippen LogP contribution >= 0.6 is 0 Å². The van der Waals surface area contributed by atoms with Gasteiger partial charge in [0.05, 0.1) is 10.6 Å². The molecule has 0 spiro atoms. The Bertz CT molecular complexity index is 606. The number of hydrogen-bond acceptors (Lipinski definition) is 5. The van der Waals surface area contributed by atoms with Crippen molar-refractivity contribution in [1.82, 2.24) is 20.0 Å². The lowest BCUT2D eigenvalue weighted by Crippen LogP contribution is -2.46. The monoisotopic (exact) mass is 370 g/mol. The molecule has 0 fully saturated rings. The van der Waals surface area contributed by atoms with Gasteiger partial charge in [0.15, 0.2) is 9.84 Å². The van der Waals surface area contributed by atoms with E-state index in [9.17, 15) is 13.2 Å². The Kier molecular flexibility index (Phi) is 8.88. The molecule has 0 aromatic heterocycles. The second kappa shape index (κ2) is 10.4. The summed E-state index contributed by atoms with van der Waals surface area (Å²) in [4.78, 5) is 18.4. The number of likely N-dealkylation sites (N-methyl/N-ethyl adjacent to an activating group) is 2. The minimum atomic E-state index is -3.38. The third-order valence-corrected chi connectivity index (χ3v) is 5.40. The lowest BCUT2D eigenvalue weighted by molar-refractivity contribution is 0.186. The van der Waals surface area contributed by atoms with Crippen molar-refractivity contribution < 1.29 is 13.2 Å². The molecular formula is C17H30N4O3S. The van der Waals surface area contributed by atoms with Gasteiger partial charge in [0.25, 0.3) is 0 Å². The number of nitrogens with zero attached hydrogens (tertiary/aromatic N) is 3. The largest absolute Gasteiger partial charge is 0.337 e. The van der Waals surface area contributed by atoms with Gasteiger partial charge in [0.2, 0.25) is 0 Å². The fourth-order valence-electron chi connectivity index (χ4n) is 2.11. The van der Waals surface area contributed by atoms with Gasteiger partial charge in [-0.25, -0.2) is 13.2 Å². The molecule has 1 aromatic rings. The molecule has 0 aliphatic carbocycles. The van der Waals surface area contributed by atoms with E-state index < -0.39 is 9.84 Å². The van der Waals surface area contributed by atoms with E-state index in [1.54, 1.807) is 35.2 Å². The summed E-state index contributed by atoms with van der Waals surface area (Å²) >= 11 is 0. The van der Waals surface area contributed by atoms with Crippen molar-refractivity contribution in [2.75, 3.05) is 66.7 Å². The molecule has 1 rings (SSSR count). The minimum Gasteiger partial charge on any atom is -0.337 e. The Balaban J connectivity index is 2.55. The summed E-state index contributed by atoms with van der Waals surface area (Å²) in [5.74, 6) is -0.113. The van der Waals surface area contributed by atoms with Crippen LogP contribution in [0.15, 0.2) is 35.2 Å². The highest BCUT2D eigenvalue weighted by Crippen LogP contribution is 2.09. The van der Waals surface area contributed by atoms with Crippen LogP contribution in [0.2, 0.25) is 0 Å². The maximum absolute atomic E-state index is 12.4. The van der Waals surface area contributed by atoms with Gasteiger partial charge in [-0.3, -0.25) is 0 Å². The van der Waals surface area contributed by atoms with Gasteiger partial charge in [-0.15, -0.1) is 0 Å². The highest BCUT2D eigenvalue weighted by Gasteiger charge is 2.17. The van der Waals surface area contributed by atoms with E-state index in [1.807, 2.05) is 38.0 Å². The summed E-state index contributed by atoms with van der Waals surface area (Å²) < 4.78 is 24.5. The lowest BCUT2D eigenvalue weighted by atomic mass is 10.4. The van der Waals surface area contributed by atoms with Crippen LogP contribution in [0.4, 0.5) is 4.79 Å². The van der Waals surface area contributed by atoms with Crippen molar-refractivity contribution in [2.24, 2.45) is 0 Å². The van der Waals surface area contributed by atoms with E-state index in [-0.39, 0.29) is 23.2 Å². The summed E-state index contributed by atoms with van der Waals surface area (Å²) in [5.41, 5.74) is 0. The van der Waals surface area contributed by atoms with E-state index in [2.05, 4.69) is 5.32 Å². The summed E-state index contributed by atoms with van der Waals surface area (Å²) in [5, 5.41) is 2.73. The first kappa shape index (κ1) is 21.4. The third kappa shape index (κ3) is 8.33. The Morgan fingerprint density at radius 3 is 1.92 bits per heavy atom. The number of rotatable bonds is 10. The third-order valence-electron chi connectivity index (χ3n) is 3.67. The molecule has 0 aliphatic rings. The molecule has 1 N–H and O–H groups in total. The number of amides is 2. The quantitative estimate of drug-likeness (QED) is 0.653. The first-order valence-corrected chi connectivity index (χ1v) is 9.97. The SMILES string of the molecule is CN(C)CCN(CCN(C)C)C(=O)NCCS(=O)(=O)c1ccccc1. The lowest BCUT2D eigenvalue weighted by Gasteiger charge is -2.26. The van der Waals surface area contributed by atoms with Gasteiger partial charge < -0.3 is 20.0 Å². The molecule has 0 bridgehead atoms. The predicted octanol–water partition coefficient (Wildman–Crippen LogP) is 0.595. The van der Waals surface area contributed by atoms with Crippen molar-refractivity contribution in [3.05, 3.63) is 30.3 Å². The zero-order chi connectivity index (χ0) is 18.9. The second-order valence-corrected chi connectivity index (χ2v) is 8.57. The summed E-state index contributed by atoms with van der Waals surface area (Å²) in [7, 11) is 4.43. The number of urea groups is 1. The van der Waals surface area contributed by atoms with Crippen LogP contribution in [0.25, 0.3) is 0 Å². The van der Waals surface area contributed by atoms with Crippen LogP contribution in [-0.4, -0.2) is 95.8 Å². The van der Waals surface area contributed by atoms with E-state index >= 15 is 0 Å². The molecule has 8 heteroatoms. The first-order chi connectivity index (χ1) is 11.7. The van der Waals surface area contributed by atoms with Crippen molar-refractivity contribution in [3.63, 3.8) is 0 Å². The fourth-order valence-corrected chi connectivity index (χ4v) is 3.28. The maximum atomic E-state index is 12.4. The number of benzene rings is 1. The summed E-state index contributed by atoms with van der Waals surface area (Å²) in [6, 6.07) is 8.06. The molecule has 0 radical (unpaired) electrons. The highest BCUT2D eigenvalue weighted by molar-refractivity contribution is 7.91. The molecule has 0 aliphatic heterocycles. The number of sulfone groups is 1. The van der Waals surface area contributed by atoms with Crippen LogP contribution < -0.4 is 5.32 Å². The Morgan fingerprint density at radius 1 is 0.920 bits per heavy atom. The van der Waals surface area contributed by atoms with Gasteiger partial charge >= 0.3 is 6.03 Å². The zero-order valence-electron chi connectivity index (χ0n) is 15.6. The Labute approximate surface area is 151 Å². The number of hydrogen-bond donors (Lipinski definition) is 1. The molecule has 0 saturated heterocycles. The van der Waals surface area contributed by atoms with Crippen LogP contribution in [0.1, 0.15) is 0 Å². The van der Waals surface area contributed by atoms with E-state index in [4.69, 9.17) is 0 Å². The maximum Gasteiger partial charge on any atom is 0.317 e.